The van der Waals surface area contributed by atoms with Crippen molar-refractivity contribution < 1.29 is 9.90 Å². The van der Waals surface area contributed by atoms with E-state index in [9.17, 15) is 9.90 Å². The summed E-state index contributed by atoms with van der Waals surface area (Å²) in [5.74, 6) is 2.90. The Kier molecular flexibility index (Phi) is 5.23. The van der Waals surface area contributed by atoms with Crippen molar-refractivity contribution in [2.24, 2.45) is 29.6 Å². The van der Waals surface area contributed by atoms with Gasteiger partial charge < -0.3 is 15.7 Å². The maximum absolute atomic E-state index is 12.9. The van der Waals surface area contributed by atoms with Crippen LogP contribution in [0.3, 0.4) is 0 Å². The van der Waals surface area contributed by atoms with Gasteiger partial charge in [-0.1, -0.05) is 32.1 Å². The molecule has 5 rings (SSSR count). The average Bonchev–Trinajstić information content (AvgIpc) is 3.07. The van der Waals surface area contributed by atoms with Crippen LogP contribution in [-0.2, 0) is 4.79 Å². The van der Waals surface area contributed by atoms with Crippen LogP contribution < -0.4 is 10.6 Å². The molecule has 1 aliphatic heterocycles. The molecule has 8 atom stereocenters. The van der Waals surface area contributed by atoms with Crippen molar-refractivity contribution in [1.29, 1.82) is 0 Å². The van der Waals surface area contributed by atoms with Gasteiger partial charge in [0.1, 0.15) is 0 Å². The number of rotatable bonds is 2. The maximum atomic E-state index is 12.9. The smallest absolute Gasteiger partial charge is 0.225 e. The topological polar surface area (TPSA) is 61.4 Å². The number of hydrogen-bond donors (Lipinski definition) is 3. The van der Waals surface area contributed by atoms with Gasteiger partial charge in [-0.25, -0.2) is 0 Å². The van der Waals surface area contributed by atoms with Gasteiger partial charge in [0.05, 0.1) is 12.0 Å². The molecule has 4 aliphatic carbocycles. The second-order valence-corrected chi connectivity index (χ2v) is 10.4. The summed E-state index contributed by atoms with van der Waals surface area (Å²) in [5.41, 5.74) is 0. The molecule has 0 radical (unpaired) electrons. The number of nitrogens with one attached hydrogen (secondary N) is 2. The summed E-state index contributed by atoms with van der Waals surface area (Å²) in [4.78, 5) is 12.9. The first-order chi connectivity index (χ1) is 13.2. The molecule has 3 N–H and O–H groups in total. The summed E-state index contributed by atoms with van der Waals surface area (Å²) in [6.07, 6.45) is 15.5. The molecule has 1 saturated heterocycles. The fraction of sp³-hybridized carbons (Fsp3) is 0.957. The highest BCUT2D eigenvalue weighted by atomic mass is 16.3. The Morgan fingerprint density at radius 3 is 2.44 bits per heavy atom. The standard InChI is InChI=1S/C23H38N2O2/c26-21-13-18-14(12-19(21)23(27)24-15-6-2-1-3-7-15)10-11-17-16-8-4-5-9-20(16)25-22(17)18/h14-22,25-26H,1-13H2,(H,24,27). The van der Waals surface area contributed by atoms with Gasteiger partial charge in [-0.05, 0) is 75.0 Å². The second-order valence-electron chi connectivity index (χ2n) is 10.4. The van der Waals surface area contributed by atoms with Gasteiger partial charge in [0.25, 0.3) is 0 Å². The summed E-state index contributed by atoms with van der Waals surface area (Å²) < 4.78 is 0. The van der Waals surface area contributed by atoms with Crippen LogP contribution in [0.4, 0.5) is 0 Å². The third-order valence-electron chi connectivity index (χ3n) is 9.00. The molecule has 0 aromatic carbocycles. The molecule has 5 fully saturated rings. The number of aliphatic hydroxyl groups is 1. The first-order valence-electron chi connectivity index (χ1n) is 11.9. The van der Waals surface area contributed by atoms with E-state index < -0.39 is 6.10 Å². The molecule has 0 spiro atoms. The molecule has 1 heterocycles. The first kappa shape index (κ1) is 18.4. The van der Waals surface area contributed by atoms with E-state index in [4.69, 9.17) is 0 Å². The fourth-order valence-electron chi connectivity index (χ4n) is 7.66. The minimum Gasteiger partial charge on any atom is -0.392 e. The van der Waals surface area contributed by atoms with Gasteiger partial charge in [-0.2, -0.15) is 0 Å². The molecule has 152 valence electrons. The molecule has 4 nitrogen and oxygen atoms in total. The van der Waals surface area contributed by atoms with Gasteiger partial charge in [0, 0.05) is 18.1 Å². The SMILES string of the molecule is O=C(NC1CCCCC1)C1CC2CCC3C4CCCCC4NC3C2CC1O. The number of amides is 1. The fourth-order valence-corrected chi connectivity index (χ4v) is 7.66. The van der Waals surface area contributed by atoms with E-state index in [1.165, 1.54) is 57.8 Å². The van der Waals surface area contributed by atoms with Crippen LogP contribution in [0.25, 0.3) is 0 Å². The normalized spacial score (nSPS) is 47.6. The summed E-state index contributed by atoms with van der Waals surface area (Å²) >= 11 is 0. The van der Waals surface area contributed by atoms with Crippen molar-refractivity contribution in [2.75, 3.05) is 0 Å². The van der Waals surface area contributed by atoms with Crippen molar-refractivity contribution in [3.05, 3.63) is 0 Å². The van der Waals surface area contributed by atoms with Crippen LogP contribution >= 0.6 is 0 Å². The molecular formula is C23H38N2O2. The quantitative estimate of drug-likeness (QED) is 0.694. The zero-order valence-corrected chi connectivity index (χ0v) is 16.7. The largest absolute Gasteiger partial charge is 0.392 e. The Bertz CT molecular complexity index is 546. The van der Waals surface area contributed by atoms with Crippen molar-refractivity contribution in [2.45, 2.75) is 108 Å². The molecule has 1 amide bonds. The lowest BCUT2D eigenvalue weighted by molar-refractivity contribution is -0.134. The van der Waals surface area contributed by atoms with Gasteiger partial charge in [0.15, 0.2) is 0 Å². The Balaban J connectivity index is 1.23. The molecule has 5 aliphatic rings. The number of hydrogen-bond acceptors (Lipinski definition) is 3. The van der Waals surface area contributed by atoms with Crippen molar-refractivity contribution in [1.82, 2.24) is 10.6 Å². The van der Waals surface area contributed by atoms with E-state index in [1.807, 2.05) is 0 Å². The van der Waals surface area contributed by atoms with Crippen molar-refractivity contribution >= 4 is 5.91 Å². The molecule has 0 aromatic heterocycles. The van der Waals surface area contributed by atoms with E-state index in [0.717, 1.165) is 43.6 Å². The molecular weight excluding hydrogens is 336 g/mol. The highest BCUT2D eigenvalue weighted by Gasteiger charge is 2.53. The van der Waals surface area contributed by atoms with Gasteiger partial charge in [0.2, 0.25) is 5.91 Å². The predicted octanol–water partition coefficient (Wildman–Crippen LogP) is 3.38. The third-order valence-corrected chi connectivity index (χ3v) is 9.00. The number of fused-ring (bicyclic) bond motifs is 5. The third kappa shape index (κ3) is 3.46. The van der Waals surface area contributed by atoms with Crippen molar-refractivity contribution in [3.8, 4) is 0 Å². The summed E-state index contributed by atoms with van der Waals surface area (Å²) in [5, 5.41) is 18.2. The monoisotopic (exact) mass is 374 g/mol. The Morgan fingerprint density at radius 1 is 0.815 bits per heavy atom. The minimum atomic E-state index is -0.446. The first-order valence-corrected chi connectivity index (χ1v) is 11.9. The van der Waals surface area contributed by atoms with E-state index in [2.05, 4.69) is 10.6 Å². The molecule has 4 heteroatoms. The van der Waals surface area contributed by atoms with E-state index in [1.54, 1.807) is 0 Å². The van der Waals surface area contributed by atoms with E-state index in [0.29, 0.717) is 23.9 Å². The Hall–Kier alpha value is -0.610. The van der Waals surface area contributed by atoms with Gasteiger partial charge >= 0.3 is 0 Å². The summed E-state index contributed by atoms with van der Waals surface area (Å²) in [7, 11) is 0. The maximum Gasteiger partial charge on any atom is 0.225 e. The highest BCUT2D eigenvalue weighted by Crippen LogP contribution is 2.52. The Morgan fingerprint density at radius 2 is 1.59 bits per heavy atom. The van der Waals surface area contributed by atoms with Crippen LogP contribution in [0.5, 0.6) is 0 Å². The molecule has 0 bridgehead atoms. The number of carbonyl (C=O) groups excluding carboxylic acids is 1. The zero-order valence-electron chi connectivity index (χ0n) is 16.7. The molecule has 27 heavy (non-hydrogen) atoms. The summed E-state index contributed by atoms with van der Waals surface area (Å²) in [6, 6.07) is 1.69. The van der Waals surface area contributed by atoms with Crippen LogP contribution in [0, 0.1) is 29.6 Å². The second kappa shape index (κ2) is 7.67. The lowest BCUT2D eigenvalue weighted by Gasteiger charge is -2.47. The Labute approximate surface area is 164 Å². The van der Waals surface area contributed by atoms with Crippen LogP contribution in [0.2, 0.25) is 0 Å². The summed E-state index contributed by atoms with van der Waals surface area (Å²) in [6.45, 7) is 0. The highest BCUT2D eigenvalue weighted by molar-refractivity contribution is 5.79. The van der Waals surface area contributed by atoms with Gasteiger partial charge in [-0.15, -0.1) is 0 Å². The lowest BCUT2D eigenvalue weighted by Crippen LogP contribution is -2.53. The number of carbonyl (C=O) groups is 1. The average molecular weight is 375 g/mol. The molecule has 8 unspecified atom stereocenters. The number of aliphatic hydroxyl groups excluding tert-OH is 1. The predicted molar refractivity (Wildman–Crippen MR) is 106 cm³/mol. The zero-order chi connectivity index (χ0) is 18.4. The van der Waals surface area contributed by atoms with Crippen LogP contribution in [-0.4, -0.2) is 35.2 Å². The van der Waals surface area contributed by atoms with E-state index >= 15 is 0 Å². The lowest BCUT2D eigenvalue weighted by atomic mass is 9.60. The van der Waals surface area contributed by atoms with Crippen LogP contribution in [0.15, 0.2) is 0 Å². The molecule has 0 aromatic rings. The molecule has 4 saturated carbocycles. The minimum absolute atomic E-state index is 0.142. The van der Waals surface area contributed by atoms with E-state index in [-0.39, 0.29) is 11.8 Å². The van der Waals surface area contributed by atoms with Crippen molar-refractivity contribution in [3.63, 3.8) is 0 Å². The van der Waals surface area contributed by atoms with Crippen LogP contribution in [0.1, 0.15) is 83.5 Å². The van der Waals surface area contributed by atoms with Gasteiger partial charge in [-0.3, -0.25) is 4.79 Å².